The van der Waals surface area contributed by atoms with Crippen molar-refractivity contribution >= 4 is 29.9 Å². The van der Waals surface area contributed by atoms with Crippen molar-refractivity contribution in [1.82, 2.24) is 20.4 Å². The summed E-state index contributed by atoms with van der Waals surface area (Å²) < 4.78 is 8.05. The van der Waals surface area contributed by atoms with Crippen LogP contribution in [-0.4, -0.2) is 48.1 Å². The van der Waals surface area contributed by atoms with Gasteiger partial charge >= 0.3 is 0 Å². The quantitative estimate of drug-likeness (QED) is 0.353. The fourth-order valence-electron chi connectivity index (χ4n) is 4.02. The van der Waals surface area contributed by atoms with Crippen molar-refractivity contribution < 1.29 is 4.74 Å². The second-order valence-corrected chi connectivity index (χ2v) is 8.73. The number of hydrogen-bond donors (Lipinski definition) is 2. The summed E-state index contributed by atoms with van der Waals surface area (Å²) >= 11 is 0. The molecule has 1 aliphatic heterocycles. The number of hydrogen-bond acceptors (Lipinski definition) is 3. The third-order valence-corrected chi connectivity index (χ3v) is 5.45. The molecule has 0 radical (unpaired) electrons. The molecule has 0 saturated carbocycles. The van der Waals surface area contributed by atoms with Gasteiger partial charge in [0.15, 0.2) is 5.96 Å². The lowest BCUT2D eigenvalue weighted by atomic mass is 9.78. The van der Waals surface area contributed by atoms with Crippen molar-refractivity contribution in [2.45, 2.75) is 66.9 Å². The van der Waals surface area contributed by atoms with Crippen molar-refractivity contribution in [3.05, 3.63) is 17.0 Å². The van der Waals surface area contributed by atoms with Gasteiger partial charge in [-0.25, -0.2) is 0 Å². The number of aryl methyl sites for hydroxylation is 2. The standard InChI is InChI=1S/C21H39N5O.HI/c1-8-22-20(23-12-11-18-15(2)25-26(7)16(18)3)24-14-17-10-9-13-27-19(17)21(4,5)6;/h17,19H,8-14H2,1-7H3,(H2,22,23,24);1H. The zero-order valence-corrected chi connectivity index (χ0v) is 21.1. The number of aromatic nitrogens is 2. The number of aliphatic imine (C=N–C) groups is 1. The van der Waals surface area contributed by atoms with Crippen LogP contribution in [0.15, 0.2) is 4.99 Å². The molecule has 1 aromatic rings. The fraction of sp³-hybridized carbons (Fsp3) is 0.810. The molecule has 2 heterocycles. The smallest absolute Gasteiger partial charge is 0.191 e. The molecule has 1 saturated heterocycles. The molecule has 2 atom stereocenters. The van der Waals surface area contributed by atoms with Crippen LogP contribution in [0, 0.1) is 25.2 Å². The topological polar surface area (TPSA) is 63.5 Å². The first-order valence-electron chi connectivity index (χ1n) is 10.4. The monoisotopic (exact) mass is 505 g/mol. The van der Waals surface area contributed by atoms with Crippen LogP contribution >= 0.6 is 24.0 Å². The van der Waals surface area contributed by atoms with Crippen LogP contribution in [-0.2, 0) is 18.2 Å². The van der Waals surface area contributed by atoms with Crippen molar-refractivity contribution in [2.24, 2.45) is 23.4 Å². The lowest BCUT2D eigenvalue weighted by Crippen LogP contribution is -2.43. The molecule has 2 unspecified atom stereocenters. The Morgan fingerprint density at radius 2 is 2.00 bits per heavy atom. The van der Waals surface area contributed by atoms with Gasteiger partial charge in [0.2, 0.25) is 0 Å². The summed E-state index contributed by atoms with van der Waals surface area (Å²) in [5.74, 6) is 1.38. The normalized spacial score (nSPS) is 20.6. The van der Waals surface area contributed by atoms with Crippen LogP contribution in [0.2, 0.25) is 0 Å². The molecular formula is C21H40IN5O. The lowest BCUT2D eigenvalue weighted by Gasteiger charge is -2.39. The van der Waals surface area contributed by atoms with Crippen LogP contribution in [0.4, 0.5) is 0 Å². The van der Waals surface area contributed by atoms with Crippen LogP contribution in [0.25, 0.3) is 0 Å². The number of rotatable bonds is 6. The van der Waals surface area contributed by atoms with Crippen LogP contribution in [0.3, 0.4) is 0 Å². The summed E-state index contributed by atoms with van der Waals surface area (Å²) in [6, 6.07) is 0. The Morgan fingerprint density at radius 3 is 2.57 bits per heavy atom. The zero-order chi connectivity index (χ0) is 20.0. The first kappa shape index (κ1) is 25.2. The highest BCUT2D eigenvalue weighted by molar-refractivity contribution is 14.0. The minimum atomic E-state index is 0. The number of nitrogens with zero attached hydrogens (tertiary/aromatic N) is 3. The molecule has 0 bridgehead atoms. The summed E-state index contributed by atoms with van der Waals surface area (Å²) in [4.78, 5) is 4.88. The number of guanidine groups is 1. The molecule has 28 heavy (non-hydrogen) atoms. The number of halogens is 1. The Bertz CT molecular complexity index is 635. The van der Waals surface area contributed by atoms with Crippen molar-refractivity contribution in [3.63, 3.8) is 0 Å². The average molecular weight is 505 g/mol. The molecule has 0 aliphatic carbocycles. The Morgan fingerprint density at radius 1 is 1.29 bits per heavy atom. The van der Waals surface area contributed by atoms with Crippen molar-refractivity contribution in [1.29, 1.82) is 0 Å². The minimum Gasteiger partial charge on any atom is -0.377 e. The first-order valence-corrected chi connectivity index (χ1v) is 10.4. The van der Waals surface area contributed by atoms with Gasteiger partial charge in [-0.1, -0.05) is 20.8 Å². The van der Waals surface area contributed by atoms with Gasteiger partial charge in [-0.15, -0.1) is 24.0 Å². The number of ether oxygens (including phenoxy) is 1. The summed E-state index contributed by atoms with van der Waals surface area (Å²) in [6.07, 6.45) is 3.56. The molecule has 0 spiro atoms. The first-order chi connectivity index (χ1) is 12.7. The predicted molar refractivity (Wildman–Crippen MR) is 128 cm³/mol. The van der Waals surface area contributed by atoms with E-state index in [9.17, 15) is 0 Å². The molecule has 1 aromatic heterocycles. The summed E-state index contributed by atoms with van der Waals surface area (Å²) in [6.45, 7) is 16.5. The number of nitrogens with one attached hydrogen (secondary N) is 2. The summed E-state index contributed by atoms with van der Waals surface area (Å²) in [5.41, 5.74) is 3.84. The van der Waals surface area contributed by atoms with Crippen molar-refractivity contribution in [2.75, 3.05) is 26.2 Å². The highest BCUT2D eigenvalue weighted by Gasteiger charge is 2.35. The molecule has 0 aromatic carbocycles. The van der Waals surface area contributed by atoms with E-state index >= 15 is 0 Å². The minimum absolute atomic E-state index is 0. The lowest BCUT2D eigenvalue weighted by molar-refractivity contribution is -0.0823. The third kappa shape index (κ3) is 6.90. The highest BCUT2D eigenvalue weighted by Crippen LogP contribution is 2.34. The molecule has 1 aliphatic rings. The Labute approximate surface area is 188 Å². The molecule has 6 nitrogen and oxygen atoms in total. The van der Waals surface area contributed by atoms with E-state index in [-0.39, 0.29) is 35.5 Å². The molecule has 162 valence electrons. The second-order valence-electron chi connectivity index (χ2n) is 8.73. The van der Waals surface area contributed by atoms with Gasteiger partial charge in [0.1, 0.15) is 0 Å². The molecule has 0 amide bonds. The van der Waals surface area contributed by atoms with E-state index in [4.69, 9.17) is 9.73 Å². The Hall–Kier alpha value is -0.830. The van der Waals surface area contributed by atoms with Gasteiger partial charge < -0.3 is 15.4 Å². The van der Waals surface area contributed by atoms with Crippen LogP contribution < -0.4 is 10.6 Å². The summed E-state index contributed by atoms with van der Waals surface area (Å²) in [7, 11) is 2.00. The third-order valence-electron chi connectivity index (χ3n) is 5.45. The van der Waals surface area contributed by atoms with Gasteiger partial charge in [-0.3, -0.25) is 9.67 Å². The SMILES string of the molecule is CCNC(=NCC1CCCOC1C(C)(C)C)NCCc1c(C)nn(C)c1C.I. The van der Waals surface area contributed by atoms with Gasteiger partial charge in [0.25, 0.3) is 0 Å². The maximum absolute atomic E-state index is 6.10. The highest BCUT2D eigenvalue weighted by atomic mass is 127. The predicted octanol–water partition coefficient (Wildman–Crippen LogP) is 3.59. The average Bonchev–Trinajstić information content (AvgIpc) is 2.85. The second kappa shape index (κ2) is 11.4. The maximum atomic E-state index is 6.10. The van der Waals surface area contributed by atoms with E-state index in [1.165, 1.54) is 17.7 Å². The molecular weight excluding hydrogens is 465 g/mol. The largest absolute Gasteiger partial charge is 0.377 e. The van der Waals surface area contributed by atoms with E-state index in [2.05, 4.69) is 57.3 Å². The van der Waals surface area contributed by atoms with Gasteiger partial charge in [0, 0.05) is 44.9 Å². The van der Waals surface area contributed by atoms with E-state index < -0.39 is 0 Å². The van der Waals surface area contributed by atoms with E-state index in [0.29, 0.717) is 5.92 Å². The molecule has 2 rings (SSSR count). The van der Waals surface area contributed by atoms with Gasteiger partial charge in [-0.05, 0) is 51.0 Å². The Balaban J connectivity index is 0.00000392. The van der Waals surface area contributed by atoms with Crippen LogP contribution in [0.5, 0.6) is 0 Å². The molecule has 7 heteroatoms. The van der Waals surface area contributed by atoms with Crippen LogP contribution in [0.1, 0.15) is 57.5 Å². The zero-order valence-electron chi connectivity index (χ0n) is 18.8. The van der Waals surface area contributed by atoms with Gasteiger partial charge in [-0.2, -0.15) is 5.10 Å². The van der Waals surface area contributed by atoms with Crippen molar-refractivity contribution in [3.8, 4) is 0 Å². The molecule has 2 N–H and O–H groups in total. The van der Waals surface area contributed by atoms with Gasteiger partial charge in [0.05, 0.1) is 11.8 Å². The van der Waals surface area contributed by atoms with E-state index in [0.717, 1.165) is 50.7 Å². The Kier molecular flexibility index (Phi) is 10.2. The maximum Gasteiger partial charge on any atom is 0.191 e. The summed E-state index contributed by atoms with van der Waals surface area (Å²) in [5, 5.41) is 11.4. The van der Waals surface area contributed by atoms with E-state index in [1.807, 2.05) is 11.7 Å². The molecule has 1 fully saturated rings. The van der Waals surface area contributed by atoms with E-state index in [1.54, 1.807) is 0 Å². The fourth-order valence-corrected chi connectivity index (χ4v) is 4.02.